The molecule has 3 aromatic rings. The van der Waals surface area contributed by atoms with Crippen LogP contribution >= 0.6 is 11.6 Å². The second kappa shape index (κ2) is 8.98. The average Bonchev–Trinajstić information content (AvgIpc) is 2.67. The Bertz CT molecular complexity index is 1250. The number of anilines is 1. The molecule has 0 unspecified atom stereocenters. The van der Waals surface area contributed by atoms with Crippen molar-refractivity contribution in [3.63, 3.8) is 0 Å². The molecule has 0 amide bonds. The molecule has 0 saturated heterocycles. The quantitative estimate of drug-likeness (QED) is 0.410. The van der Waals surface area contributed by atoms with Crippen LogP contribution in [0.25, 0.3) is 11.1 Å². The minimum atomic E-state index is -5.15. The van der Waals surface area contributed by atoms with E-state index in [0.29, 0.717) is 11.1 Å². The van der Waals surface area contributed by atoms with Crippen LogP contribution in [0.2, 0.25) is 5.02 Å². The molecule has 0 saturated carbocycles. The van der Waals surface area contributed by atoms with E-state index >= 15 is 0 Å². The topological polar surface area (TPSA) is 77.5 Å². The number of sulfonamides is 1. The molecule has 0 fully saturated rings. The maximum atomic E-state index is 12.7. The van der Waals surface area contributed by atoms with Crippen LogP contribution in [-0.4, -0.2) is 26.1 Å². The lowest BCUT2D eigenvalue weighted by Gasteiger charge is -2.15. The van der Waals surface area contributed by atoms with Crippen molar-refractivity contribution in [3.8, 4) is 22.6 Å². The molecule has 0 spiro atoms. The summed E-state index contributed by atoms with van der Waals surface area (Å²) in [5.41, 5.74) is 0.523. The summed E-state index contributed by atoms with van der Waals surface area (Å²) < 4.78 is 110. The van der Waals surface area contributed by atoms with E-state index in [2.05, 4.69) is 19.2 Å². The summed E-state index contributed by atoms with van der Waals surface area (Å²) in [6, 6.07) is 8.49. The van der Waals surface area contributed by atoms with E-state index in [1.54, 1.807) is 0 Å². The Morgan fingerprint density at radius 2 is 1.45 bits per heavy atom. The third-order valence-electron chi connectivity index (χ3n) is 3.83. The van der Waals surface area contributed by atoms with Crippen LogP contribution < -0.4 is 14.2 Å². The molecule has 0 aliphatic rings. The van der Waals surface area contributed by atoms with Gasteiger partial charge in [-0.25, -0.2) is 8.42 Å². The fourth-order valence-electron chi connectivity index (χ4n) is 2.61. The first-order chi connectivity index (χ1) is 15.2. The summed E-state index contributed by atoms with van der Waals surface area (Å²) in [6.45, 7) is 0. The van der Waals surface area contributed by atoms with Crippen molar-refractivity contribution < 1.29 is 44.2 Å². The monoisotopic (exact) mass is 512 g/mol. The van der Waals surface area contributed by atoms with E-state index in [1.807, 2.05) is 0 Å². The average molecular weight is 513 g/mol. The zero-order valence-electron chi connectivity index (χ0n) is 15.9. The van der Waals surface area contributed by atoms with E-state index in [-0.39, 0.29) is 10.7 Å². The lowest BCUT2D eigenvalue weighted by atomic mass is 10.1. The molecular weight excluding hydrogens is 502 g/mol. The highest BCUT2D eigenvalue weighted by Crippen LogP contribution is 2.33. The number of hydrogen-bond donors (Lipinski definition) is 1. The highest BCUT2D eigenvalue weighted by atomic mass is 35.5. The first kappa shape index (κ1) is 24.5. The third-order valence-corrected chi connectivity index (χ3v) is 5.47. The third kappa shape index (κ3) is 6.89. The predicted molar refractivity (Wildman–Crippen MR) is 105 cm³/mol. The van der Waals surface area contributed by atoms with Gasteiger partial charge in [-0.3, -0.25) is 9.71 Å². The predicted octanol–water partition coefficient (Wildman–Crippen LogP) is 6.00. The maximum Gasteiger partial charge on any atom is 0.573 e. The van der Waals surface area contributed by atoms with Crippen LogP contribution in [0.15, 0.2) is 65.8 Å². The number of pyridine rings is 1. The minimum Gasteiger partial charge on any atom is -0.406 e. The Kier molecular flexibility index (Phi) is 6.65. The summed E-state index contributed by atoms with van der Waals surface area (Å²) >= 11 is 5.73. The first-order valence-corrected chi connectivity index (χ1v) is 10.5. The molecule has 3 rings (SSSR count). The van der Waals surface area contributed by atoms with E-state index in [9.17, 15) is 34.8 Å². The van der Waals surface area contributed by atoms with Crippen molar-refractivity contribution in [1.29, 1.82) is 0 Å². The Hall–Kier alpha value is -3.19. The summed E-state index contributed by atoms with van der Waals surface area (Å²) in [4.78, 5) is 2.98. The highest BCUT2D eigenvalue weighted by molar-refractivity contribution is 7.92. The Labute approximate surface area is 187 Å². The lowest BCUT2D eigenvalue weighted by Crippen LogP contribution is -2.21. The molecule has 33 heavy (non-hydrogen) atoms. The van der Waals surface area contributed by atoms with Crippen LogP contribution in [0, 0.1) is 0 Å². The van der Waals surface area contributed by atoms with Gasteiger partial charge in [-0.15, -0.1) is 26.3 Å². The smallest absolute Gasteiger partial charge is 0.406 e. The standard InChI is InChI=1S/C19H11ClF6N2O4S/c20-13-3-6-16(32-19(24,25)26)17(8-13)33(29,30)28-14-7-12(9-27-10-14)11-1-4-15(5-2-11)31-18(21,22)23/h1-10,28H. The summed E-state index contributed by atoms with van der Waals surface area (Å²) in [5.74, 6) is -1.46. The van der Waals surface area contributed by atoms with Gasteiger partial charge in [0.2, 0.25) is 0 Å². The van der Waals surface area contributed by atoms with Crippen LogP contribution in [0.4, 0.5) is 32.0 Å². The fraction of sp³-hybridized carbons (Fsp3) is 0.105. The van der Waals surface area contributed by atoms with Gasteiger partial charge in [-0.2, -0.15) is 0 Å². The molecule has 2 aromatic carbocycles. The van der Waals surface area contributed by atoms with Gasteiger partial charge in [0, 0.05) is 16.8 Å². The second-order valence-electron chi connectivity index (χ2n) is 6.28. The van der Waals surface area contributed by atoms with Crippen LogP contribution in [0.3, 0.4) is 0 Å². The van der Waals surface area contributed by atoms with Crippen molar-refractivity contribution in [2.45, 2.75) is 17.6 Å². The molecule has 0 radical (unpaired) electrons. The van der Waals surface area contributed by atoms with Crippen molar-refractivity contribution in [2.24, 2.45) is 0 Å². The number of aromatic nitrogens is 1. The zero-order valence-corrected chi connectivity index (χ0v) is 17.5. The van der Waals surface area contributed by atoms with Gasteiger partial charge < -0.3 is 9.47 Å². The van der Waals surface area contributed by atoms with E-state index in [4.69, 9.17) is 11.6 Å². The van der Waals surface area contributed by atoms with E-state index in [1.165, 1.54) is 24.4 Å². The van der Waals surface area contributed by atoms with E-state index < -0.39 is 39.1 Å². The molecule has 1 N–H and O–H groups in total. The normalized spacial score (nSPS) is 12.3. The van der Waals surface area contributed by atoms with Gasteiger partial charge in [0.1, 0.15) is 16.4 Å². The first-order valence-electron chi connectivity index (χ1n) is 8.61. The molecule has 1 aromatic heterocycles. The number of nitrogens with one attached hydrogen (secondary N) is 1. The number of ether oxygens (including phenoxy) is 2. The van der Waals surface area contributed by atoms with Crippen molar-refractivity contribution in [2.75, 3.05) is 4.72 Å². The van der Waals surface area contributed by atoms with Gasteiger partial charge in [-0.1, -0.05) is 23.7 Å². The zero-order chi connectivity index (χ0) is 24.4. The number of benzene rings is 2. The van der Waals surface area contributed by atoms with Crippen molar-refractivity contribution >= 4 is 27.3 Å². The summed E-state index contributed by atoms with van der Waals surface area (Å²) in [7, 11) is -4.61. The largest absolute Gasteiger partial charge is 0.573 e. The van der Waals surface area contributed by atoms with E-state index in [0.717, 1.165) is 36.5 Å². The minimum absolute atomic E-state index is 0.138. The number of alkyl halides is 6. The molecule has 14 heteroatoms. The van der Waals surface area contributed by atoms with Gasteiger partial charge in [0.15, 0.2) is 0 Å². The molecule has 0 aliphatic carbocycles. The number of nitrogens with zero attached hydrogens (tertiary/aromatic N) is 1. The Balaban J connectivity index is 1.88. The molecule has 1 heterocycles. The highest BCUT2D eigenvalue weighted by Gasteiger charge is 2.34. The van der Waals surface area contributed by atoms with Gasteiger partial charge in [0.25, 0.3) is 10.0 Å². The summed E-state index contributed by atoms with van der Waals surface area (Å²) in [5, 5.41) is -0.155. The molecule has 6 nitrogen and oxygen atoms in total. The van der Waals surface area contributed by atoms with Crippen molar-refractivity contribution in [1.82, 2.24) is 4.98 Å². The number of hydrogen-bond acceptors (Lipinski definition) is 5. The molecular formula is C19H11ClF6N2O4S. The van der Waals surface area contributed by atoms with Crippen LogP contribution in [-0.2, 0) is 10.0 Å². The molecule has 176 valence electrons. The van der Waals surface area contributed by atoms with Gasteiger partial charge >= 0.3 is 12.7 Å². The van der Waals surface area contributed by atoms with Gasteiger partial charge in [-0.05, 0) is 42.0 Å². The molecule has 0 bridgehead atoms. The summed E-state index contributed by atoms with van der Waals surface area (Å²) in [6.07, 6.45) is -7.64. The Morgan fingerprint density at radius 3 is 2.06 bits per heavy atom. The SMILES string of the molecule is O=S(=O)(Nc1cncc(-c2ccc(OC(F)(F)F)cc2)c1)c1cc(Cl)ccc1OC(F)(F)F. The van der Waals surface area contributed by atoms with Crippen molar-refractivity contribution in [3.05, 3.63) is 65.9 Å². The fourth-order valence-corrected chi connectivity index (χ4v) is 4.04. The van der Waals surface area contributed by atoms with Crippen LogP contribution in [0.5, 0.6) is 11.5 Å². The van der Waals surface area contributed by atoms with Crippen LogP contribution in [0.1, 0.15) is 0 Å². The lowest BCUT2D eigenvalue weighted by molar-refractivity contribution is -0.276. The van der Waals surface area contributed by atoms with Gasteiger partial charge in [0.05, 0.1) is 11.9 Å². The molecule has 0 aliphatic heterocycles. The second-order valence-corrected chi connectivity index (χ2v) is 8.37. The Morgan fingerprint density at radius 1 is 0.818 bits per heavy atom. The number of halogens is 7. The molecule has 0 atom stereocenters. The maximum absolute atomic E-state index is 12.7. The number of rotatable bonds is 6.